The molecule has 0 spiro atoms. The number of benzene rings is 3. The fourth-order valence-corrected chi connectivity index (χ4v) is 3.36. The Kier molecular flexibility index (Phi) is 8.79. The molecule has 36 heavy (non-hydrogen) atoms. The summed E-state index contributed by atoms with van der Waals surface area (Å²) in [4.78, 5) is 38.7. The van der Waals surface area contributed by atoms with Gasteiger partial charge in [0.15, 0.2) is 23.4 Å². The van der Waals surface area contributed by atoms with Crippen LogP contribution < -0.4 is 14.8 Å². The normalized spacial score (nSPS) is 11.1. The predicted molar refractivity (Wildman–Crippen MR) is 133 cm³/mol. The van der Waals surface area contributed by atoms with Crippen molar-refractivity contribution in [2.45, 2.75) is 26.9 Å². The molecule has 0 aromatic heterocycles. The van der Waals surface area contributed by atoms with Crippen molar-refractivity contribution in [3.63, 3.8) is 0 Å². The number of esters is 1. The first-order chi connectivity index (χ1) is 17.4. The minimum atomic E-state index is -1.13. The van der Waals surface area contributed by atoms with E-state index in [1.807, 2.05) is 19.9 Å². The van der Waals surface area contributed by atoms with Gasteiger partial charge in [-0.3, -0.25) is 9.59 Å². The van der Waals surface area contributed by atoms with E-state index in [1.165, 1.54) is 19.1 Å². The van der Waals surface area contributed by atoms with Crippen molar-refractivity contribution < 1.29 is 28.6 Å². The van der Waals surface area contributed by atoms with Crippen molar-refractivity contribution in [3.8, 4) is 17.6 Å². The summed E-state index contributed by atoms with van der Waals surface area (Å²) in [5, 5.41) is 11.5. The number of carbonyl (C=O) groups excluding carboxylic acids is 3. The molecule has 3 rings (SSSR count). The first-order valence-electron chi connectivity index (χ1n) is 11.4. The molecular formula is C28H26N2O6. The molecule has 0 saturated carbocycles. The van der Waals surface area contributed by atoms with E-state index in [1.54, 1.807) is 54.6 Å². The van der Waals surface area contributed by atoms with E-state index >= 15 is 0 Å². The van der Waals surface area contributed by atoms with Gasteiger partial charge in [-0.1, -0.05) is 18.2 Å². The van der Waals surface area contributed by atoms with Crippen molar-refractivity contribution >= 4 is 23.3 Å². The second-order valence-corrected chi connectivity index (χ2v) is 7.63. The maximum atomic E-state index is 13.3. The second kappa shape index (κ2) is 12.2. The van der Waals surface area contributed by atoms with E-state index in [9.17, 15) is 14.4 Å². The molecule has 1 atom stereocenters. The maximum Gasteiger partial charge on any atom is 0.339 e. The average molecular weight is 487 g/mol. The van der Waals surface area contributed by atoms with Gasteiger partial charge in [0.1, 0.15) is 0 Å². The molecule has 0 heterocycles. The number of ether oxygens (including phenoxy) is 3. The molecule has 8 nitrogen and oxygen atoms in total. The molecule has 3 aromatic rings. The lowest BCUT2D eigenvalue weighted by Gasteiger charge is -2.15. The highest BCUT2D eigenvalue weighted by Gasteiger charge is 2.24. The Hall–Kier alpha value is -4.64. The number of nitrogens with zero attached hydrogens (tertiary/aromatic N) is 1. The number of nitrogens with one attached hydrogen (secondary N) is 1. The molecule has 0 fully saturated rings. The third kappa shape index (κ3) is 6.27. The Balaban J connectivity index is 1.77. The molecule has 8 heteroatoms. The van der Waals surface area contributed by atoms with Crippen molar-refractivity contribution in [2.24, 2.45) is 0 Å². The summed E-state index contributed by atoms with van der Waals surface area (Å²) >= 11 is 0. The molecule has 1 amide bonds. The molecule has 0 bridgehead atoms. The van der Waals surface area contributed by atoms with Crippen LogP contribution in [-0.2, 0) is 9.53 Å². The molecule has 1 N–H and O–H groups in total. The number of rotatable bonds is 10. The summed E-state index contributed by atoms with van der Waals surface area (Å²) in [5.41, 5.74) is 1.39. The molecule has 0 saturated heterocycles. The van der Waals surface area contributed by atoms with E-state index in [2.05, 4.69) is 5.32 Å². The van der Waals surface area contributed by atoms with Crippen LogP contribution in [0.1, 0.15) is 52.6 Å². The summed E-state index contributed by atoms with van der Waals surface area (Å²) in [6.07, 6.45) is -1.13. The van der Waals surface area contributed by atoms with Crippen LogP contribution in [0.25, 0.3) is 0 Å². The van der Waals surface area contributed by atoms with Crippen LogP contribution in [0.15, 0.2) is 66.7 Å². The largest absolute Gasteiger partial charge is 0.490 e. The molecule has 3 aromatic carbocycles. The Morgan fingerprint density at radius 3 is 2.17 bits per heavy atom. The van der Waals surface area contributed by atoms with Crippen molar-refractivity contribution in [3.05, 3.63) is 89.0 Å². The second-order valence-electron chi connectivity index (χ2n) is 7.63. The van der Waals surface area contributed by atoms with Crippen molar-refractivity contribution in [2.75, 3.05) is 18.5 Å². The van der Waals surface area contributed by atoms with Gasteiger partial charge in [-0.05, 0) is 69.3 Å². The molecule has 1 unspecified atom stereocenters. The highest BCUT2D eigenvalue weighted by atomic mass is 16.5. The fraction of sp³-hybridized carbons (Fsp3) is 0.214. The van der Waals surface area contributed by atoms with E-state index in [-0.39, 0.29) is 11.1 Å². The molecule has 0 aliphatic rings. The third-order valence-corrected chi connectivity index (χ3v) is 5.13. The summed E-state index contributed by atoms with van der Waals surface area (Å²) in [6.45, 7) is 5.95. The summed E-state index contributed by atoms with van der Waals surface area (Å²) in [7, 11) is 0. The molecular weight excluding hydrogens is 460 g/mol. The first-order valence-corrected chi connectivity index (χ1v) is 11.4. The highest BCUT2D eigenvalue weighted by molar-refractivity contribution is 6.15. The van der Waals surface area contributed by atoms with Gasteiger partial charge in [-0.25, -0.2) is 4.79 Å². The standard InChI is InChI=1S/C28H26N2O6/c1-4-34-24-15-12-20(16-25(24)35-5-2)26(31)22-8-6-7-9-23(22)28(33)36-18(3)27(32)30-21-13-10-19(17-29)11-14-21/h6-16,18H,4-5H2,1-3H3,(H,30,32). The Bertz CT molecular complexity index is 1290. The number of amides is 1. The van der Waals surface area contributed by atoms with Crippen LogP contribution in [0.3, 0.4) is 0 Å². The van der Waals surface area contributed by atoms with Crippen LogP contribution in [0, 0.1) is 11.3 Å². The SMILES string of the molecule is CCOc1ccc(C(=O)c2ccccc2C(=O)OC(C)C(=O)Nc2ccc(C#N)cc2)cc1OCC. The number of anilines is 1. The lowest BCUT2D eigenvalue weighted by molar-refractivity contribution is -0.123. The van der Waals surface area contributed by atoms with Crippen LogP contribution in [0.4, 0.5) is 5.69 Å². The summed E-state index contributed by atoms with van der Waals surface area (Å²) < 4.78 is 16.5. The number of hydrogen-bond acceptors (Lipinski definition) is 7. The van der Waals surface area contributed by atoms with Gasteiger partial charge in [0.05, 0.1) is 30.4 Å². The van der Waals surface area contributed by atoms with Crippen molar-refractivity contribution in [1.82, 2.24) is 0 Å². The lowest BCUT2D eigenvalue weighted by atomic mass is 9.98. The van der Waals surface area contributed by atoms with E-state index in [4.69, 9.17) is 19.5 Å². The smallest absolute Gasteiger partial charge is 0.339 e. The zero-order chi connectivity index (χ0) is 26.1. The quantitative estimate of drug-likeness (QED) is 0.324. The van der Waals surface area contributed by atoms with Crippen molar-refractivity contribution in [1.29, 1.82) is 5.26 Å². The van der Waals surface area contributed by atoms with E-state index in [0.717, 1.165) is 0 Å². The van der Waals surface area contributed by atoms with Crippen LogP contribution in [0.2, 0.25) is 0 Å². The number of nitriles is 1. The molecule has 0 radical (unpaired) electrons. The monoisotopic (exact) mass is 486 g/mol. The molecule has 0 aliphatic carbocycles. The lowest BCUT2D eigenvalue weighted by Crippen LogP contribution is -2.30. The van der Waals surface area contributed by atoms with E-state index in [0.29, 0.717) is 41.5 Å². The Morgan fingerprint density at radius 1 is 0.889 bits per heavy atom. The van der Waals surface area contributed by atoms with Crippen LogP contribution in [0.5, 0.6) is 11.5 Å². The van der Waals surface area contributed by atoms with Gasteiger partial charge >= 0.3 is 5.97 Å². The first kappa shape index (κ1) is 26.0. The molecule has 184 valence electrons. The minimum absolute atomic E-state index is 0.0346. The molecule has 0 aliphatic heterocycles. The Morgan fingerprint density at radius 2 is 1.53 bits per heavy atom. The number of hydrogen-bond donors (Lipinski definition) is 1. The minimum Gasteiger partial charge on any atom is -0.490 e. The van der Waals surface area contributed by atoms with Gasteiger partial charge < -0.3 is 19.5 Å². The van der Waals surface area contributed by atoms with Crippen LogP contribution in [-0.4, -0.2) is 37.0 Å². The maximum absolute atomic E-state index is 13.3. The van der Waals surface area contributed by atoms with E-state index < -0.39 is 23.8 Å². The third-order valence-electron chi connectivity index (χ3n) is 5.13. The number of ketones is 1. The zero-order valence-corrected chi connectivity index (χ0v) is 20.2. The van der Waals surface area contributed by atoms with Gasteiger partial charge in [0.25, 0.3) is 5.91 Å². The van der Waals surface area contributed by atoms with Gasteiger partial charge in [-0.2, -0.15) is 5.26 Å². The topological polar surface area (TPSA) is 115 Å². The fourth-order valence-electron chi connectivity index (χ4n) is 3.36. The number of carbonyl (C=O) groups is 3. The summed E-state index contributed by atoms with van der Waals surface area (Å²) in [6, 6.07) is 19.3. The van der Waals surface area contributed by atoms with Gasteiger partial charge in [-0.15, -0.1) is 0 Å². The van der Waals surface area contributed by atoms with Gasteiger partial charge in [0, 0.05) is 16.8 Å². The zero-order valence-electron chi connectivity index (χ0n) is 20.2. The van der Waals surface area contributed by atoms with Crippen LogP contribution >= 0.6 is 0 Å². The average Bonchev–Trinajstić information content (AvgIpc) is 2.89. The summed E-state index contributed by atoms with van der Waals surface area (Å²) in [5.74, 6) is -0.813. The predicted octanol–water partition coefficient (Wildman–Crippen LogP) is 4.77. The highest BCUT2D eigenvalue weighted by Crippen LogP contribution is 2.30. The Labute approximate surface area is 209 Å². The van der Waals surface area contributed by atoms with Gasteiger partial charge in [0.2, 0.25) is 0 Å².